The molecule has 4 heteroatoms. The molecule has 1 aliphatic rings. The number of nitrogens with one attached hydrogen (secondary N) is 2. The Labute approximate surface area is 141 Å². The lowest BCUT2D eigenvalue weighted by Crippen LogP contribution is -2.19. The normalized spacial score (nSPS) is 14.3. The number of aryl methyl sites for hydroxylation is 1. The Balaban J connectivity index is 1.53. The summed E-state index contributed by atoms with van der Waals surface area (Å²) in [6, 6.07) is 15.9. The fourth-order valence-corrected chi connectivity index (χ4v) is 3.44. The Kier molecular flexibility index (Phi) is 3.73. The molecule has 1 aliphatic heterocycles. The lowest BCUT2D eigenvalue weighted by atomic mass is 10.1. The van der Waals surface area contributed by atoms with Crippen molar-refractivity contribution in [2.45, 2.75) is 19.8 Å². The van der Waals surface area contributed by atoms with Gasteiger partial charge in [0.1, 0.15) is 5.69 Å². The lowest BCUT2D eigenvalue weighted by molar-refractivity contribution is 0.102. The first-order valence-electron chi connectivity index (χ1n) is 8.45. The summed E-state index contributed by atoms with van der Waals surface area (Å²) in [7, 11) is 0. The molecule has 122 valence electrons. The zero-order valence-corrected chi connectivity index (χ0v) is 13.8. The van der Waals surface area contributed by atoms with Gasteiger partial charge in [0.2, 0.25) is 0 Å². The topological polar surface area (TPSA) is 48.1 Å². The van der Waals surface area contributed by atoms with Crippen LogP contribution in [0.5, 0.6) is 0 Å². The van der Waals surface area contributed by atoms with E-state index in [0.29, 0.717) is 5.69 Å². The third-order valence-corrected chi connectivity index (χ3v) is 4.68. The summed E-state index contributed by atoms with van der Waals surface area (Å²) in [5, 5.41) is 4.03. The molecule has 0 spiro atoms. The predicted octanol–water partition coefficient (Wildman–Crippen LogP) is 4.33. The van der Waals surface area contributed by atoms with Gasteiger partial charge in [0.15, 0.2) is 0 Å². The molecule has 1 fully saturated rings. The van der Waals surface area contributed by atoms with Gasteiger partial charge < -0.3 is 15.2 Å². The van der Waals surface area contributed by atoms with Crippen LogP contribution in [0.2, 0.25) is 0 Å². The van der Waals surface area contributed by atoms with E-state index < -0.39 is 0 Å². The first-order chi connectivity index (χ1) is 11.7. The van der Waals surface area contributed by atoms with Crippen LogP contribution in [-0.2, 0) is 0 Å². The molecule has 1 aromatic heterocycles. The van der Waals surface area contributed by atoms with Crippen LogP contribution in [0.15, 0.2) is 48.5 Å². The number of H-pyrrole nitrogens is 1. The van der Waals surface area contributed by atoms with E-state index in [1.165, 1.54) is 24.1 Å². The maximum absolute atomic E-state index is 12.5. The highest BCUT2D eigenvalue weighted by atomic mass is 16.1. The third-order valence-electron chi connectivity index (χ3n) is 4.68. The Hall–Kier alpha value is -2.75. The van der Waals surface area contributed by atoms with Crippen LogP contribution in [0, 0.1) is 6.92 Å². The van der Waals surface area contributed by atoms with Gasteiger partial charge in [-0.1, -0.05) is 18.2 Å². The Morgan fingerprint density at radius 2 is 1.88 bits per heavy atom. The lowest BCUT2D eigenvalue weighted by Gasteiger charge is -2.20. The van der Waals surface area contributed by atoms with Crippen LogP contribution < -0.4 is 10.2 Å². The van der Waals surface area contributed by atoms with Crippen molar-refractivity contribution >= 4 is 28.2 Å². The number of para-hydroxylation sites is 1. The van der Waals surface area contributed by atoms with Crippen molar-refractivity contribution in [1.82, 2.24) is 4.98 Å². The molecular weight excluding hydrogens is 298 g/mol. The van der Waals surface area contributed by atoms with E-state index >= 15 is 0 Å². The summed E-state index contributed by atoms with van der Waals surface area (Å²) in [4.78, 5) is 18.1. The average Bonchev–Trinajstić information content (AvgIpc) is 3.24. The first kappa shape index (κ1) is 14.8. The summed E-state index contributed by atoms with van der Waals surface area (Å²) in [5.41, 5.74) is 4.86. The van der Waals surface area contributed by atoms with E-state index in [1.54, 1.807) is 0 Å². The minimum Gasteiger partial charge on any atom is -0.371 e. The van der Waals surface area contributed by atoms with Crippen LogP contribution in [0.3, 0.4) is 0 Å². The quantitative estimate of drug-likeness (QED) is 0.755. The van der Waals surface area contributed by atoms with E-state index in [-0.39, 0.29) is 5.91 Å². The minimum atomic E-state index is -0.112. The van der Waals surface area contributed by atoms with Crippen molar-refractivity contribution < 1.29 is 4.79 Å². The zero-order chi connectivity index (χ0) is 16.5. The molecule has 24 heavy (non-hydrogen) atoms. The van der Waals surface area contributed by atoms with Crippen molar-refractivity contribution in [3.05, 3.63) is 59.8 Å². The second-order valence-corrected chi connectivity index (χ2v) is 6.42. The molecule has 4 nitrogen and oxygen atoms in total. The van der Waals surface area contributed by atoms with E-state index in [4.69, 9.17) is 0 Å². The number of rotatable bonds is 3. The summed E-state index contributed by atoms with van der Waals surface area (Å²) < 4.78 is 0. The summed E-state index contributed by atoms with van der Waals surface area (Å²) in [5.74, 6) is -0.112. The van der Waals surface area contributed by atoms with E-state index in [2.05, 4.69) is 28.2 Å². The highest BCUT2D eigenvalue weighted by Gasteiger charge is 2.15. The summed E-state index contributed by atoms with van der Waals surface area (Å²) in [6.45, 7) is 4.36. The van der Waals surface area contributed by atoms with Gasteiger partial charge in [-0.25, -0.2) is 0 Å². The minimum absolute atomic E-state index is 0.112. The number of fused-ring (bicyclic) bond motifs is 1. The molecule has 4 rings (SSSR count). The highest BCUT2D eigenvalue weighted by Crippen LogP contribution is 2.27. The number of nitrogens with zero attached hydrogens (tertiary/aromatic N) is 1. The van der Waals surface area contributed by atoms with Gasteiger partial charge in [-0.05, 0) is 55.7 Å². The number of carbonyl (C=O) groups excluding carboxylic acids is 1. The van der Waals surface area contributed by atoms with E-state index in [0.717, 1.165) is 29.7 Å². The standard InChI is InChI=1S/C20H21N3O/c1-14-12-16(8-9-19(14)23-10-4-5-11-23)21-20(24)18-13-15-6-2-3-7-17(15)22-18/h2-3,6-9,12-13,22H,4-5,10-11H2,1H3,(H,21,24). The van der Waals surface area contributed by atoms with Gasteiger partial charge >= 0.3 is 0 Å². The SMILES string of the molecule is Cc1cc(NC(=O)c2cc3ccccc3[nH]2)ccc1N1CCCC1. The number of hydrogen-bond donors (Lipinski definition) is 2. The Bertz CT molecular complexity index is 858. The van der Waals surface area contributed by atoms with Crippen LogP contribution in [0.4, 0.5) is 11.4 Å². The fourth-order valence-electron chi connectivity index (χ4n) is 3.44. The largest absolute Gasteiger partial charge is 0.371 e. The van der Waals surface area contributed by atoms with Gasteiger partial charge in [-0.3, -0.25) is 4.79 Å². The number of amides is 1. The molecule has 2 aromatic carbocycles. The van der Waals surface area contributed by atoms with Gasteiger partial charge in [0, 0.05) is 35.4 Å². The number of anilines is 2. The number of benzene rings is 2. The molecule has 0 saturated carbocycles. The third kappa shape index (κ3) is 2.75. The highest BCUT2D eigenvalue weighted by molar-refractivity contribution is 6.06. The predicted molar refractivity (Wildman–Crippen MR) is 98.9 cm³/mol. The van der Waals surface area contributed by atoms with Crippen molar-refractivity contribution in [2.75, 3.05) is 23.3 Å². The van der Waals surface area contributed by atoms with Crippen molar-refractivity contribution in [1.29, 1.82) is 0 Å². The number of hydrogen-bond acceptors (Lipinski definition) is 2. The molecule has 2 N–H and O–H groups in total. The second-order valence-electron chi connectivity index (χ2n) is 6.42. The first-order valence-corrected chi connectivity index (χ1v) is 8.45. The molecule has 0 atom stereocenters. The van der Waals surface area contributed by atoms with Crippen LogP contribution in [0.25, 0.3) is 10.9 Å². The maximum Gasteiger partial charge on any atom is 0.272 e. The van der Waals surface area contributed by atoms with E-state index in [9.17, 15) is 4.79 Å². The number of aromatic amines is 1. The van der Waals surface area contributed by atoms with Gasteiger partial charge in [0.05, 0.1) is 0 Å². The molecular formula is C20H21N3O. The van der Waals surface area contributed by atoms with Gasteiger partial charge in [-0.2, -0.15) is 0 Å². The van der Waals surface area contributed by atoms with Crippen molar-refractivity contribution in [3.8, 4) is 0 Å². The molecule has 1 amide bonds. The fraction of sp³-hybridized carbons (Fsp3) is 0.250. The molecule has 0 aliphatic carbocycles. The maximum atomic E-state index is 12.5. The molecule has 0 bridgehead atoms. The van der Waals surface area contributed by atoms with Crippen LogP contribution >= 0.6 is 0 Å². The molecule has 0 radical (unpaired) electrons. The second kappa shape index (κ2) is 6.04. The van der Waals surface area contributed by atoms with Gasteiger partial charge in [-0.15, -0.1) is 0 Å². The molecule has 2 heterocycles. The smallest absolute Gasteiger partial charge is 0.272 e. The monoisotopic (exact) mass is 319 g/mol. The molecule has 0 unspecified atom stereocenters. The Morgan fingerprint density at radius 3 is 2.62 bits per heavy atom. The van der Waals surface area contributed by atoms with Gasteiger partial charge in [0.25, 0.3) is 5.91 Å². The zero-order valence-electron chi connectivity index (χ0n) is 13.8. The van der Waals surface area contributed by atoms with Crippen LogP contribution in [-0.4, -0.2) is 24.0 Å². The number of carbonyl (C=O) groups is 1. The van der Waals surface area contributed by atoms with Crippen molar-refractivity contribution in [2.24, 2.45) is 0 Å². The van der Waals surface area contributed by atoms with E-state index in [1.807, 2.05) is 42.5 Å². The molecule has 3 aromatic rings. The Morgan fingerprint density at radius 1 is 1.08 bits per heavy atom. The van der Waals surface area contributed by atoms with Crippen molar-refractivity contribution in [3.63, 3.8) is 0 Å². The van der Waals surface area contributed by atoms with Crippen LogP contribution in [0.1, 0.15) is 28.9 Å². The number of aromatic nitrogens is 1. The summed E-state index contributed by atoms with van der Waals surface area (Å²) >= 11 is 0. The molecule has 1 saturated heterocycles. The summed E-state index contributed by atoms with van der Waals surface area (Å²) in [6.07, 6.45) is 2.52. The average molecular weight is 319 g/mol.